The van der Waals surface area contributed by atoms with Crippen LogP contribution in [0, 0.1) is 5.92 Å². The van der Waals surface area contributed by atoms with Crippen LogP contribution in [0.4, 0.5) is 0 Å². The second-order valence-corrected chi connectivity index (χ2v) is 9.31. The van der Waals surface area contributed by atoms with E-state index in [-0.39, 0.29) is 10.3 Å². The van der Waals surface area contributed by atoms with Gasteiger partial charge < -0.3 is 9.47 Å². The monoisotopic (exact) mass is 389 g/mol. The number of methoxy groups -OCH3 is 1. The van der Waals surface area contributed by atoms with E-state index < -0.39 is 15.8 Å². The maximum absolute atomic E-state index is 12.2. The van der Waals surface area contributed by atoms with Crippen LogP contribution in [0.1, 0.15) is 42.6 Å². The molecule has 1 aliphatic carbocycles. The fourth-order valence-electron chi connectivity index (χ4n) is 2.83. The van der Waals surface area contributed by atoms with E-state index in [9.17, 15) is 13.2 Å². The van der Waals surface area contributed by atoms with Crippen LogP contribution in [0.15, 0.2) is 41.6 Å². The average Bonchev–Trinajstić information content (AvgIpc) is 3.46. The first-order valence-electron chi connectivity index (χ1n) is 8.89. The highest BCUT2D eigenvalue weighted by atomic mass is 32.2. The Morgan fingerprint density at radius 3 is 2.48 bits per heavy atom. The summed E-state index contributed by atoms with van der Waals surface area (Å²) in [5, 5.41) is -0.228. The lowest BCUT2D eigenvalue weighted by Gasteiger charge is -2.12. The Bertz CT molecular complexity index is 931. The highest BCUT2D eigenvalue weighted by Gasteiger charge is 2.37. The molecule has 0 amide bonds. The molecule has 0 radical (unpaired) electrons. The zero-order chi connectivity index (χ0) is 19.6. The van der Waals surface area contributed by atoms with E-state index in [4.69, 9.17) is 9.47 Å². The minimum Gasteiger partial charge on any atom is -0.465 e. The molecule has 0 atom stereocenters. The molecule has 6 nitrogen and oxygen atoms in total. The highest BCUT2D eigenvalue weighted by molar-refractivity contribution is 7.92. The predicted molar refractivity (Wildman–Crippen MR) is 101 cm³/mol. The number of hydrogen-bond donors (Lipinski definition) is 0. The van der Waals surface area contributed by atoms with Crippen molar-refractivity contribution in [3.05, 3.63) is 47.7 Å². The van der Waals surface area contributed by atoms with E-state index in [1.807, 2.05) is 6.07 Å². The molecule has 1 heterocycles. The van der Waals surface area contributed by atoms with Gasteiger partial charge in [-0.3, -0.25) is 0 Å². The second-order valence-electron chi connectivity index (χ2n) is 7.13. The first kappa shape index (κ1) is 19.4. The van der Waals surface area contributed by atoms with Gasteiger partial charge >= 0.3 is 5.97 Å². The molecule has 0 N–H and O–H groups in total. The number of ether oxygens (including phenoxy) is 2. The van der Waals surface area contributed by atoms with Gasteiger partial charge in [-0.2, -0.15) is 0 Å². The molecule has 0 saturated heterocycles. The predicted octanol–water partition coefficient (Wildman–Crippen LogP) is 3.80. The molecule has 0 unspecified atom stereocenters. The summed E-state index contributed by atoms with van der Waals surface area (Å²) in [6, 6.07) is 8.30. The minimum absolute atomic E-state index is 0.0705. The summed E-state index contributed by atoms with van der Waals surface area (Å²) in [5.41, 5.74) is 1.37. The van der Waals surface area contributed by atoms with Crippen LogP contribution < -0.4 is 4.74 Å². The molecule has 27 heavy (non-hydrogen) atoms. The third kappa shape index (κ3) is 4.66. The molecular formula is C20H23NO5S. The highest BCUT2D eigenvalue weighted by Crippen LogP contribution is 2.33. The van der Waals surface area contributed by atoms with Gasteiger partial charge in [-0.1, -0.05) is 13.8 Å². The Morgan fingerprint density at radius 1 is 1.19 bits per heavy atom. The molecule has 1 fully saturated rings. The summed E-state index contributed by atoms with van der Waals surface area (Å²) in [7, 11) is -1.99. The van der Waals surface area contributed by atoms with E-state index in [1.54, 1.807) is 18.2 Å². The van der Waals surface area contributed by atoms with Crippen LogP contribution in [0.25, 0.3) is 0 Å². The average molecular weight is 389 g/mol. The second kappa shape index (κ2) is 7.68. The van der Waals surface area contributed by atoms with E-state index >= 15 is 0 Å². The number of sulfone groups is 1. The largest absolute Gasteiger partial charge is 0.465 e. The molecule has 144 valence electrons. The number of nitrogens with zero attached hydrogens (tertiary/aromatic N) is 1. The number of benzene rings is 1. The van der Waals surface area contributed by atoms with Crippen molar-refractivity contribution >= 4 is 15.8 Å². The SMILES string of the molecule is COC(=O)c1cc(CC(C)C)cc(Oc2ccc(S(=O)(=O)C3CC3)nc2)c1. The first-order valence-corrected chi connectivity index (χ1v) is 10.4. The van der Waals surface area contributed by atoms with Crippen molar-refractivity contribution in [2.24, 2.45) is 5.92 Å². The lowest BCUT2D eigenvalue weighted by molar-refractivity contribution is 0.0600. The molecule has 0 aliphatic heterocycles. The zero-order valence-corrected chi connectivity index (χ0v) is 16.5. The molecule has 7 heteroatoms. The Hall–Kier alpha value is -2.41. The van der Waals surface area contributed by atoms with Gasteiger partial charge in [-0.05, 0) is 61.1 Å². The minimum atomic E-state index is -3.32. The maximum atomic E-state index is 12.2. The summed E-state index contributed by atoms with van der Waals surface area (Å²) in [4.78, 5) is 16.0. The van der Waals surface area contributed by atoms with Crippen molar-refractivity contribution in [1.82, 2.24) is 4.98 Å². The van der Waals surface area contributed by atoms with Crippen LogP contribution in [0.2, 0.25) is 0 Å². The number of aromatic nitrogens is 1. The van der Waals surface area contributed by atoms with E-state index in [0.717, 1.165) is 12.0 Å². The summed E-state index contributed by atoms with van der Waals surface area (Å²) in [6.07, 6.45) is 3.57. The summed E-state index contributed by atoms with van der Waals surface area (Å²) < 4.78 is 35.0. The number of rotatable bonds is 7. The number of carbonyl (C=O) groups excluding carboxylic acids is 1. The van der Waals surface area contributed by atoms with Crippen molar-refractivity contribution < 1.29 is 22.7 Å². The normalized spacial score (nSPS) is 14.2. The molecule has 1 saturated carbocycles. The molecule has 1 aliphatic rings. The van der Waals surface area contributed by atoms with Gasteiger partial charge in [0.25, 0.3) is 0 Å². The topological polar surface area (TPSA) is 82.6 Å². The molecule has 1 aromatic heterocycles. The van der Waals surface area contributed by atoms with Crippen molar-refractivity contribution in [2.45, 2.75) is 43.4 Å². The lowest BCUT2D eigenvalue weighted by Crippen LogP contribution is -2.08. The van der Waals surface area contributed by atoms with Gasteiger partial charge in [-0.25, -0.2) is 18.2 Å². The van der Waals surface area contributed by atoms with Crippen molar-refractivity contribution in [2.75, 3.05) is 7.11 Å². The fraction of sp³-hybridized carbons (Fsp3) is 0.400. The van der Waals surface area contributed by atoms with Crippen molar-refractivity contribution in [1.29, 1.82) is 0 Å². The third-order valence-electron chi connectivity index (χ3n) is 4.23. The molecule has 0 spiro atoms. The van der Waals surface area contributed by atoms with E-state index in [0.29, 0.717) is 35.8 Å². The molecule has 2 aromatic rings. The van der Waals surface area contributed by atoms with Gasteiger partial charge in [0.15, 0.2) is 14.9 Å². The number of esters is 1. The van der Waals surface area contributed by atoms with Gasteiger partial charge in [-0.15, -0.1) is 0 Å². The first-order chi connectivity index (χ1) is 12.8. The van der Waals surface area contributed by atoms with Gasteiger partial charge in [0.2, 0.25) is 0 Å². The number of hydrogen-bond acceptors (Lipinski definition) is 6. The lowest BCUT2D eigenvalue weighted by atomic mass is 10.0. The van der Waals surface area contributed by atoms with Crippen LogP contribution in [0.5, 0.6) is 11.5 Å². The quantitative estimate of drug-likeness (QED) is 0.670. The van der Waals surface area contributed by atoms with Crippen LogP contribution >= 0.6 is 0 Å². The Labute approximate surface area is 159 Å². The molecular weight excluding hydrogens is 366 g/mol. The van der Waals surface area contributed by atoms with Crippen molar-refractivity contribution in [3.63, 3.8) is 0 Å². The third-order valence-corrected chi connectivity index (χ3v) is 6.40. The Kier molecular flexibility index (Phi) is 5.51. The van der Waals surface area contributed by atoms with Gasteiger partial charge in [0, 0.05) is 0 Å². The zero-order valence-electron chi connectivity index (χ0n) is 15.6. The summed E-state index contributed by atoms with van der Waals surface area (Å²) >= 11 is 0. The molecule has 0 bridgehead atoms. The Balaban J connectivity index is 1.84. The Morgan fingerprint density at radius 2 is 1.93 bits per heavy atom. The summed E-state index contributed by atoms with van der Waals surface area (Å²) in [6.45, 7) is 4.18. The maximum Gasteiger partial charge on any atom is 0.337 e. The number of pyridine rings is 1. The van der Waals surface area contributed by atoms with Crippen LogP contribution in [-0.4, -0.2) is 31.7 Å². The van der Waals surface area contributed by atoms with Gasteiger partial charge in [0.05, 0.1) is 24.1 Å². The smallest absolute Gasteiger partial charge is 0.337 e. The van der Waals surface area contributed by atoms with E-state index in [2.05, 4.69) is 18.8 Å². The van der Waals surface area contributed by atoms with E-state index in [1.165, 1.54) is 19.4 Å². The van der Waals surface area contributed by atoms with Crippen molar-refractivity contribution in [3.8, 4) is 11.5 Å². The van der Waals surface area contributed by atoms with Crippen LogP contribution in [-0.2, 0) is 21.0 Å². The number of carbonyl (C=O) groups is 1. The fourth-order valence-corrected chi connectivity index (χ4v) is 4.38. The van der Waals surface area contributed by atoms with Gasteiger partial charge in [0.1, 0.15) is 11.5 Å². The summed E-state index contributed by atoms with van der Waals surface area (Å²) in [5.74, 6) is 0.865. The van der Waals surface area contributed by atoms with Crippen LogP contribution in [0.3, 0.4) is 0 Å². The molecule has 3 rings (SSSR count). The standard InChI is InChI=1S/C20H23NO5S/c1-13(2)8-14-9-15(20(22)25-3)11-17(10-14)26-16-4-7-19(21-12-16)27(23,24)18-5-6-18/h4,7,9-13,18H,5-6,8H2,1-3H3. The molecule has 1 aromatic carbocycles.